The third-order valence-electron chi connectivity index (χ3n) is 5.72. The van der Waals surface area contributed by atoms with Crippen LogP contribution in [-0.2, 0) is 9.53 Å². The van der Waals surface area contributed by atoms with E-state index in [2.05, 4.69) is 20.5 Å². The van der Waals surface area contributed by atoms with Crippen molar-refractivity contribution < 1.29 is 28.5 Å². The number of ether oxygens (including phenoxy) is 4. The second-order valence-electron chi connectivity index (χ2n) is 8.35. The maximum Gasteiger partial charge on any atom is 0.280 e. The fourth-order valence-corrected chi connectivity index (χ4v) is 4.70. The number of thiazole rings is 1. The van der Waals surface area contributed by atoms with Crippen LogP contribution in [0.5, 0.6) is 17.2 Å². The van der Waals surface area contributed by atoms with E-state index in [9.17, 15) is 9.59 Å². The van der Waals surface area contributed by atoms with E-state index in [1.54, 1.807) is 31.4 Å². The summed E-state index contributed by atoms with van der Waals surface area (Å²) in [4.78, 5) is 31.4. The fourth-order valence-electron chi connectivity index (χ4n) is 3.79. The molecule has 1 saturated heterocycles. The van der Waals surface area contributed by atoms with Crippen LogP contribution in [0.1, 0.15) is 16.2 Å². The van der Waals surface area contributed by atoms with Crippen LogP contribution in [0.15, 0.2) is 42.5 Å². The van der Waals surface area contributed by atoms with Gasteiger partial charge < -0.3 is 29.6 Å². The topological polar surface area (TPSA) is 111 Å². The normalized spacial score (nSPS) is 13.8. The number of hydrogen-bond donors (Lipinski definition) is 2. The largest absolute Gasteiger partial charge is 0.493 e. The summed E-state index contributed by atoms with van der Waals surface area (Å²) in [6.45, 7) is 5.46. The highest BCUT2D eigenvalue weighted by atomic mass is 32.1. The number of amides is 2. The molecule has 2 N–H and O–H groups in total. The van der Waals surface area contributed by atoms with Gasteiger partial charge in [0.05, 0.1) is 37.1 Å². The van der Waals surface area contributed by atoms with E-state index in [0.29, 0.717) is 47.5 Å². The van der Waals surface area contributed by atoms with E-state index in [1.165, 1.54) is 11.3 Å². The Morgan fingerprint density at radius 3 is 2.68 bits per heavy atom. The van der Waals surface area contributed by atoms with Crippen LogP contribution in [-0.4, -0.2) is 88.0 Å². The molecule has 2 amide bonds. The standard InChI is InChI=1S/C26H32N4O6S/c1-33-21-5-2-3-6-22(21)35-14-10-27-24(31)18-36-19-7-8-20-23(17-19)37-26(29-20)25(32)28-9-4-11-30-12-15-34-16-13-30/h2-3,5-8,17H,4,9-16,18H2,1H3,(H,27,31)(H,28,32). The molecule has 0 atom stereocenters. The summed E-state index contributed by atoms with van der Waals surface area (Å²) in [7, 11) is 1.58. The highest BCUT2D eigenvalue weighted by molar-refractivity contribution is 7.20. The minimum atomic E-state index is -0.259. The Bertz CT molecular complexity index is 1180. The highest BCUT2D eigenvalue weighted by Gasteiger charge is 2.14. The lowest BCUT2D eigenvalue weighted by atomic mass is 10.3. The van der Waals surface area contributed by atoms with E-state index >= 15 is 0 Å². The number of carbonyl (C=O) groups excluding carboxylic acids is 2. The van der Waals surface area contributed by atoms with Gasteiger partial charge in [0, 0.05) is 19.6 Å². The number of para-hydroxylation sites is 2. The predicted molar refractivity (Wildman–Crippen MR) is 141 cm³/mol. The van der Waals surface area contributed by atoms with Crippen molar-refractivity contribution in [1.29, 1.82) is 0 Å². The molecule has 1 aromatic heterocycles. The van der Waals surface area contributed by atoms with Crippen LogP contribution in [0.3, 0.4) is 0 Å². The van der Waals surface area contributed by atoms with E-state index in [-0.39, 0.29) is 18.4 Å². The molecule has 3 aromatic rings. The second-order valence-corrected chi connectivity index (χ2v) is 9.38. The average molecular weight is 529 g/mol. The molecule has 0 bridgehead atoms. The van der Waals surface area contributed by atoms with Crippen LogP contribution < -0.4 is 24.8 Å². The number of benzene rings is 2. The number of carbonyl (C=O) groups is 2. The summed E-state index contributed by atoms with van der Waals surface area (Å²) < 4.78 is 22.7. The molecule has 2 aromatic carbocycles. The summed E-state index contributed by atoms with van der Waals surface area (Å²) in [6.07, 6.45) is 0.878. The van der Waals surface area contributed by atoms with Gasteiger partial charge in [0.15, 0.2) is 23.1 Å². The van der Waals surface area contributed by atoms with E-state index < -0.39 is 0 Å². The van der Waals surface area contributed by atoms with E-state index in [0.717, 1.165) is 44.0 Å². The molecule has 0 aliphatic carbocycles. The molecule has 11 heteroatoms. The Morgan fingerprint density at radius 2 is 1.86 bits per heavy atom. The van der Waals surface area contributed by atoms with Gasteiger partial charge in [-0.1, -0.05) is 12.1 Å². The van der Waals surface area contributed by atoms with Crippen molar-refractivity contribution in [3.8, 4) is 17.2 Å². The number of hydrogen-bond acceptors (Lipinski definition) is 9. The number of nitrogens with one attached hydrogen (secondary N) is 2. The fraction of sp³-hybridized carbons (Fsp3) is 0.423. The van der Waals surface area contributed by atoms with Gasteiger partial charge in [0.2, 0.25) is 0 Å². The van der Waals surface area contributed by atoms with Crippen LogP contribution >= 0.6 is 11.3 Å². The van der Waals surface area contributed by atoms with E-state index in [4.69, 9.17) is 18.9 Å². The van der Waals surface area contributed by atoms with Gasteiger partial charge in [-0.3, -0.25) is 14.5 Å². The molecule has 4 rings (SSSR count). The summed E-state index contributed by atoms with van der Waals surface area (Å²) in [6, 6.07) is 12.7. The first kappa shape index (κ1) is 26.6. The third kappa shape index (κ3) is 8.04. The molecule has 10 nitrogen and oxygen atoms in total. The van der Waals surface area contributed by atoms with Crippen molar-refractivity contribution in [3.05, 3.63) is 47.5 Å². The van der Waals surface area contributed by atoms with Gasteiger partial charge in [-0.05, 0) is 43.3 Å². The maximum atomic E-state index is 12.5. The first-order valence-electron chi connectivity index (χ1n) is 12.3. The quantitative estimate of drug-likeness (QED) is 0.325. The Kier molecular flexibility index (Phi) is 9.92. The first-order valence-corrected chi connectivity index (χ1v) is 13.1. The minimum absolute atomic E-state index is 0.130. The van der Waals surface area contributed by atoms with Gasteiger partial charge in [0.25, 0.3) is 11.8 Å². The molecule has 1 aliphatic heterocycles. The number of aromatic nitrogens is 1. The highest BCUT2D eigenvalue weighted by Crippen LogP contribution is 2.27. The van der Waals surface area contributed by atoms with Gasteiger partial charge in [0.1, 0.15) is 12.4 Å². The SMILES string of the molecule is COc1ccccc1OCCNC(=O)COc1ccc2nc(C(=O)NCCCN3CCOCC3)sc2c1. The molecular weight excluding hydrogens is 496 g/mol. The van der Waals surface area contributed by atoms with E-state index in [1.807, 2.05) is 18.2 Å². The Morgan fingerprint density at radius 1 is 1.05 bits per heavy atom. The van der Waals surface area contributed by atoms with Gasteiger partial charge >= 0.3 is 0 Å². The van der Waals surface area contributed by atoms with Crippen molar-refractivity contribution in [2.24, 2.45) is 0 Å². The zero-order chi connectivity index (χ0) is 25.9. The lowest BCUT2D eigenvalue weighted by Gasteiger charge is -2.26. The molecule has 1 aliphatic rings. The van der Waals surface area contributed by atoms with Crippen LogP contribution in [0.4, 0.5) is 0 Å². The Hall–Kier alpha value is -3.41. The van der Waals surface area contributed by atoms with Crippen LogP contribution in [0.2, 0.25) is 0 Å². The Labute approximate surface area is 219 Å². The lowest BCUT2D eigenvalue weighted by molar-refractivity contribution is -0.123. The maximum absolute atomic E-state index is 12.5. The van der Waals surface area contributed by atoms with Gasteiger partial charge in [-0.15, -0.1) is 11.3 Å². The minimum Gasteiger partial charge on any atom is -0.493 e. The third-order valence-corrected chi connectivity index (χ3v) is 6.73. The van der Waals surface area contributed by atoms with Crippen molar-refractivity contribution in [2.75, 3.05) is 66.3 Å². The molecule has 198 valence electrons. The van der Waals surface area contributed by atoms with Crippen molar-refractivity contribution in [2.45, 2.75) is 6.42 Å². The molecule has 1 fully saturated rings. The summed E-state index contributed by atoms with van der Waals surface area (Å²) >= 11 is 1.30. The van der Waals surface area contributed by atoms with Crippen molar-refractivity contribution in [1.82, 2.24) is 20.5 Å². The smallest absolute Gasteiger partial charge is 0.280 e. The Balaban J connectivity index is 1.17. The number of methoxy groups -OCH3 is 1. The van der Waals surface area contributed by atoms with Crippen LogP contribution in [0, 0.1) is 0 Å². The van der Waals surface area contributed by atoms with Crippen molar-refractivity contribution in [3.63, 3.8) is 0 Å². The number of rotatable bonds is 13. The molecule has 0 radical (unpaired) electrons. The molecular formula is C26H32N4O6S. The van der Waals surface area contributed by atoms with Gasteiger partial charge in [-0.25, -0.2) is 4.98 Å². The molecule has 0 unspecified atom stereocenters. The number of nitrogens with zero attached hydrogens (tertiary/aromatic N) is 2. The predicted octanol–water partition coefficient (Wildman–Crippen LogP) is 2.33. The molecule has 0 spiro atoms. The summed E-state index contributed by atoms with van der Waals surface area (Å²) in [5.74, 6) is 1.36. The zero-order valence-corrected chi connectivity index (χ0v) is 21.7. The van der Waals surface area contributed by atoms with Crippen LogP contribution in [0.25, 0.3) is 10.2 Å². The molecule has 2 heterocycles. The second kappa shape index (κ2) is 13.8. The van der Waals surface area contributed by atoms with Crippen molar-refractivity contribution >= 4 is 33.4 Å². The summed E-state index contributed by atoms with van der Waals surface area (Å²) in [5, 5.41) is 6.11. The lowest BCUT2D eigenvalue weighted by Crippen LogP contribution is -2.38. The molecule has 37 heavy (non-hydrogen) atoms. The van der Waals surface area contributed by atoms with Gasteiger partial charge in [-0.2, -0.15) is 0 Å². The average Bonchev–Trinajstić information content (AvgIpc) is 3.37. The summed E-state index contributed by atoms with van der Waals surface area (Å²) in [5.41, 5.74) is 0.716. The number of fused-ring (bicyclic) bond motifs is 1. The monoisotopic (exact) mass is 528 g/mol. The zero-order valence-electron chi connectivity index (χ0n) is 20.9. The number of morpholine rings is 1. The first-order chi connectivity index (χ1) is 18.1. The molecule has 0 saturated carbocycles.